The predicted molar refractivity (Wildman–Crippen MR) is 43.5 cm³/mol. The summed E-state index contributed by atoms with van der Waals surface area (Å²) in [6.07, 6.45) is 0.236. The van der Waals surface area contributed by atoms with Crippen LogP contribution in [0.2, 0.25) is 0 Å². The van der Waals surface area contributed by atoms with Gasteiger partial charge < -0.3 is 14.4 Å². The summed E-state index contributed by atoms with van der Waals surface area (Å²) in [5.41, 5.74) is 0. The molecule has 0 N–H and O–H groups in total. The van der Waals surface area contributed by atoms with Crippen LogP contribution in [0.15, 0.2) is 0 Å². The molecule has 0 bridgehead atoms. The largest absolute Gasteiger partial charge is 0.348 e. The van der Waals surface area contributed by atoms with E-state index in [-0.39, 0.29) is 11.9 Å². The molecule has 0 aliphatic carbocycles. The van der Waals surface area contributed by atoms with E-state index in [2.05, 4.69) is 4.90 Å². The monoisotopic (exact) mass is 159 g/mol. The minimum atomic E-state index is -0.374. The van der Waals surface area contributed by atoms with E-state index in [0.717, 1.165) is 6.54 Å². The number of hydrogen-bond acceptors (Lipinski definition) is 3. The molecule has 0 unspecified atom stereocenters. The quantitative estimate of drug-likeness (QED) is 0.592. The third-order valence-electron chi connectivity index (χ3n) is 1.64. The van der Waals surface area contributed by atoms with Crippen LogP contribution in [0.5, 0.6) is 0 Å². The number of hydrogen-bond donors (Lipinski definition) is 0. The number of nitrogens with zero attached hydrogens (tertiary/aromatic N) is 1. The first kappa shape index (κ1) is 8.97. The molecule has 3 nitrogen and oxygen atoms in total. The minimum absolute atomic E-state index is 0.236. The van der Waals surface area contributed by atoms with E-state index in [1.807, 2.05) is 27.9 Å². The second kappa shape index (κ2) is 3.09. The van der Waals surface area contributed by atoms with Crippen molar-refractivity contribution in [2.24, 2.45) is 0 Å². The zero-order valence-corrected chi connectivity index (χ0v) is 7.76. The maximum Gasteiger partial charge on any atom is 0.163 e. The van der Waals surface area contributed by atoms with Crippen molar-refractivity contribution in [3.05, 3.63) is 0 Å². The molecule has 0 spiro atoms. The maximum atomic E-state index is 5.60. The Morgan fingerprint density at radius 1 is 1.45 bits per heavy atom. The van der Waals surface area contributed by atoms with Crippen molar-refractivity contribution in [2.45, 2.75) is 25.7 Å². The highest BCUT2D eigenvalue weighted by molar-refractivity contribution is 4.72. The fraction of sp³-hybridized carbons (Fsp3) is 1.00. The van der Waals surface area contributed by atoms with Gasteiger partial charge in [-0.2, -0.15) is 0 Å². The molecule has 0 radical (unpaired) electrons. The fourth-order valence-corrected chi connectivity index (χ4v) is 1.26. The topological polar surface area (TPSA) is 21.7 Å². The number of likely N-dealkylation sites (N-methyl/N-ethyl adjacent to an activating group) is 1. The van der Waals surface area contributed by atoms with Gasteiger partial charge in [0.2, 0.25) is 0 Å². The van der Waals surface area contributed by atoms with Crippen LogP contribution >= 0.6 is 0 Å². The fourth-order valence-electron chi connectivity index (χ4n) is 1.26. The molecular formula is C8H17NO2. The van der Waals surface area contributed by atoms with Crippen LogP contribution in [0.4, 0.5) is 0 Å². The third-order valence-corrected chi connectivity index (χ3v) is 1.64. The highest BCUT2D eigenvalue weighted by Crippen LogP contribution is 2.22. The first-order valence-corrected chi connectivity index (χ1v) is 3.96. The standard InChI is InChI=1S/C8H17NO2/c1-8(2)10-6-7(11-8)5-9(3)4/h7H,5-6H2,1-4H3/t7-/m1/s1. The van der Waals surface area contributed by atoms with Crippen molar-refractivity contribution < 1.29 is 9.47 Å². The van der Waals surface area contributed by atoms with E-state index >= 15 is 0 Å². The van der Waals surface area contributed by atoms with Gasteiger partial charge in [0.05, 0.1) is 12.7 Å². The van der Waals surface area contributed by atoms with Crippen molar-refractivity contribution in [3.8, 4) is 0 Å². The zero-order valence-electron chi connectivity index (χ0n) is 7.76. The Labute approximate surface area is 68.3 Å². The molecule has 11 heavy (non-hydrogen) atoms. The molecule has 1 fully saturated rings. The molecule has 1 aliphatic rings. The second-order valence-electron chi connectivity index (χ2n) is 3.71. The Hall–Kier alpha value is -0.120. The summed E-state index contributed by atoms with van der Waals surface area (Å²) in [7, 11) is 4.07. The van der Waals surface area contributed by atoms with Crippen LogP contribution < -0.4 is 0 Å². The molecule has 0 aromatic heterocycles. The maximum absolute atomic E-state index is 5.60. The Morgan fingerprint density at radius 3 is 2.45 bits per heavy atom. The highest BCUT2D eigenvalue weighted by Gasteiger charge is 2.32. The third kappa shape index (κ3) is 2.77. The van der Waals surface area contributed by atoms with Gasteiger partial charge in [-0.15, -0.1) is 0 Å². The van der Waals surface area contributed by atoms with E-state index in [1.165, 1.54) is 0 Å². The Morgan fingerprint density at radius 2 is 2.09 bits per heavy atom. The summed E-state index contributed by atoms with van der Waals surface area (Å²) in [4.78, 5) is 2.11. The lowest BCUT2D eigenvalue weighted by atomic mass is 10.3. The van der Waals surface area contributed by atoms with Crippen LogP contribution in [0.3, 0.4) is 0 Å². The van der Waals surface area contributed by atoms with Gasteiger partial charge >= 0.3 is 0 Å². The Kier molecular flexibility index (Phi) is 2.52. The Bertz CT molecular complexity index is 134. The summed E-state index contributed by atoms with van der Waals surface area (Å²) >= 11 is 0. The van der Waals surface area contributed by atoms with Crippen molar-refractivity contribution in [1.29, 1.82) is 0 Å². The summed E-state index contributed by atoms with van der Waals surface area (Å²) in [6.45, 7) is 5.54. The Balaban J connectivity index is 2.31. The van der Waals surface area contributed by atoms with Gasteiger partial charge in [-0.1, -0.05) is 0 Å². The van der Waals surface area contributed by atoms with E-state index in [4.69, 9.17) is 9.47 Å². The number of ether oxygens (including phenoxy) is 2. The van der Waals surface area contributed by atoms with E-state index in [1.54, 1.807) is 0 Å². The predicted octanol–water partition coefficient (Wildman–Crippen LogP) is 0.699. The molecule has 0 amide bonds. The van der Waals surface area contributed by atoms with Crippen LogP contribution in [-0.2, 0) is 9.47 Å². The van der Waals surface area contributed by atoms with Crippen LogP contribution in [0, 0.1) is 0 Å². The molecule has 1 saturated heterocycles. The van der Waals surface area contributed by atoms with Gasteiger partial charge in [0.25, 0.3) is 0 Å². The van der Waals surface area contributed by atoms with Gasteiger partial charge in [-0.05, 0) is 27.9 Å². The molecule has 0 aromatic rings. The summed E-state index contributed by atoms with van der Waals surface area (Å²) < 4.78 is 11.0. The van der Waals surface area contributed by atoms with Gasteiger partial charge in [0, 0.05) is 6.54 Å². The van der Waals surface area contributed by atoms with Crippen molar-refractivity contribution in [3.63, 3.8) is 0 Å². The molecule has 1 rings (SSSR count). The van der Waals surface area contributed by atoms with E-state index < -0.39 is 0 Å². The number of rotatable bonds is 2. The summed E-state index contributed by atoms with van der Waals surface area (Å²) in [6, 6.07) is 0. The highest BCUT2D eigenvalue weighted by atomic mass is 16.7. The van der Waals surface area contributed by atoms with E-state index in [0.29, 0.717) is 6.61 Å². The van der Waals surface area contributed by atoms with Crippen molar-refractivity contribution >= 4 is 0 Å². The van der Waals surface area contributed by atoms with Gasteiger partial charge in [-0.3, -0.25) is 0 Å². The first-order chi connectivity index (χ1) is 4.99. The van der Waals surface area contributed by atoms with Gasteiger partial charge in [0.15, 0.2) is 5.79 Å². The molecule has 1 atom stereocenters. The summed E-state index contributed by atoms with van der Waals surface area (Å²) in [5, 5.41) is 0. The minimum Gasteiger partial charge on any atom is -0.348 e. The average Bonchev–Trinajstić information content (AvgIpc) is 2.08. The second-order valence-corrected chi connectivity index (χ2v) is 3.71. The van der Waals surface area contributed by atoms with E-state index in [9.17, 15) is 0 Å². The first-order valence-electron chi connectivity index (χ1n) is 3.96. The smallest absolute Gasteiger partial charge is 0.163 e. The molecule has 0 aromatic carbocycles. The molecule has 1 heterocycles. The van der Waals surface area contributed by atoms with Crippen molar-refractivity contribution in [2.75, 3.05) is 27.2 Å². The molecule has 3 heteroatoms. The molecular weight excluding hydrogens is 142 g/mol. The summed E-state index contributed by atoms with van der Waals surface area (Å²) in [5.74, 6) is -0.374. The van der Waals surface area contributed by atoms with Crippen LogP contribution in [0.1, 0.15) is 13.8 Å². The van der Waals surface area contributed by atoms with Crippen LogP contribution in [0.25, 0.3) is 0 Å². The average molecular weight is 159 g/mol. The lowest BCUT2D eigenvalue weighted by molar-refractivity contribution is -0.139. The molecule has 66 valence electrons. The van der Waals surface area contributed by atoms with Crippen molar-refractivity contribution in [1.82, 2.24) is 4.90 Å². The molecule has 1 aliphatic heterocycles. The lowest BCUT2D eigenvalue weighted by Crippen LogP contribution is -2.29. The zero-order chi connectivity index (χ0) is 8.48. The normalized spacial score (nSPS) is 29.7. The lowest BCUT2D eigenvalue weighted by Gasteiger charge is -2.18. The SMILES string of the molecule is CN(C)C[C@@H]1COC(C)(C)O1. The van der Waals surface area contributed by atoms with Gasteiger partial charge in [0.1, 0.15) is 0 Å². The van der Waals surface area contributed by atoms with Crippen LogP contribution in [-0.4, -0.2) is 44.0 Å². The molecule has 0 saturated carbocycles. The van der Waals surface area contributed by atoms with Gasteiger partial charge in [-0.25, -0.2) is 0 Å².